The maximum Gasteiger partial charge on any atom is 0.246 e. The van der Waals surface area contributed by atoms with Crippen LogP contribution in [0.25, 0.3) is 32.8 Å². The minimum absolute atomic E-state index is 0.00386. The molecule has 6 N–H and O–H groups in total. The third kappa shape index (κ3) is 9.23. The van der Waals surface area contributed by atoms with E-state index < -0.39 is 29.5 Å². The monoisotopic (exact) mass is 775 g/mol. The van der Waals surface area contributed by atoms with Crippen LogP contribution in [0.1, 0.15) is 69.8 Å². The normalized spacial score (nSPS) is 16.6. The van der Waals surface area contributed by atoms with Crippen molar-refractivity contribution in [1.29, 1.82) is 0 Å². The van der Waals surface area contributed by atoms with Gasteiger partial charge >= 0.3 is 0 Å². The summed E-state index contributed by atoms with van der Waals surface area (Å²) in [5, 5.41) is 35.2. The van der Waals surface area contributed by atoms with Crippen molar-refractivity contribution >= 4 is 34.9 Å². The number of aliphatic hydroxyl groups is 1. The Morgan fingerprint density at radius 2 is 1.66 bits per heavy atom. The number of anilines is 1. The Bertz CT molecular complexity index is 2180. The molecule has 3 heterocycles. The van der Waals surface area contributed by atoms with Crippen LogP contribution in [-0.2, 0) is 20.8 Å². The molecular formula is C43H49N7O5S. The molecule has 0 unspecified atom stereocenters. The number of aryl methyl sites for hydroxylation is 2. The molecule has 3 amide bonds. The largest absolute Gasteiger partial charge is 0.507 e. The van der Waals surface area contributed by atoms with Gasteiger partial charge in [0, 0.05) is 30.5 Å². The molecule has 4 atom stereocenters. The highest BCUT2D eigenvalue weighted by molar-refractivity contribution is 7.13. The Morgan fingerprint density at radius 1 is 0.964 bits per heavy atom. The Labute approximate surface area is 331 Å². The molecule has 0 spiro atoms. The molecular weight excluding hydrogens is 727 g/mol. The van der Waals surface area contributed by atoms with Gasteiger partial charge in [0.05, 0.1) is 33.9 Å². The van der Waals surface area contributed by atoms with Gasteiger partial charge in [-0.25, -0.2) is 4.98 Å². The maximum atomic E-state index is 14.1. The van der Waals surface area contributed by atoms with Crippen LogP contribution in [0.3, 0.4) is 0 Å². The number of β-amino-alcohol motifs (C(OH)–C–C–N with tert-alkyl or cyclic N) is 1. The quantitative estimate of drug-likeness (QED) is 0.0982. The third-order valence-electron chi connectivity index (χ3n) is 10.2. The second-order valence-electron chi connectivity index (χ2n) is 15.5. The summed E-state index contributed by atoms with van der Waals surface area (Å²) >= 11 is 1.58. The lowest BCUT2D eigenvalue weighted by Crippen LogP contribution is -2.57. The molecule has 13 heteroatoms. The number of nitrogen functional groups attached to an aromatic ring is 1. The highest BCUT2D eigenvalue weighted by atomic mass is 32.1. The minimum Gasteiger partial charge on any atom is -0.507 e. The van der Waals surface area contributed by atoms with Crippen LogP contribution in [0.15, 0.2) is 84.4 Å². The fourth-order valence-electron chi connectivity index (χ4n) is 7.01. The lowest BCUT2D eigenvalue weighted by atomic mass is 9.85. The molecule has 2 aromatic heterocycles. The van der Waals surface area contributed by atoms with E-state index in [1.54, 1.807) is 35.6 Å². The average molecular weight is 776 g/mol. The first-order chi connectivity index (χ1) is 26.7. The summed E-state index contributed by atoms with van der Waals surface area (Å²) in [7, 11) is 0. The molecule has 1 aliphatic heterocycles. The van der Waals surface area contributed by atoms with Gasteiger partial charge in [0.15, 0.2) is 5.82 Å². The van der Waals surface area contributed by atoms with Crippen molar-refractivity contribution in [2.45, 2.75) is 84.5 Å². The summed E-state index contributed by atoms with van der Waals surface area (Å²) in [6.07, 6.45) is 0.613. The molecule has 1 fully saturated rings. The first kappa shape index (κ1) is 40.0. The molecule has 56 heavy (non-hydrogen) atoms. The van der Waals surface area contributed by atoms with E-state index in [4.69, 9.17) is 5.73 Å². The van der Waals surface area contributed by atoms with E-state index in [0.29, 0.717) is 29.7 Å². The van der Waals surface area contributed by atoms with E-state index in [1.165, 1.54) is 4.90 Å². The number of amides is 3. The predicted molar refractivity (Wildman–Crippen MR) is 218 cm³/mol. The number of benzene rings is 3. The van der Waals surface area contributed by atoms with E-state index in [1.807, 2.05) is 94.7 Å². The number of carbonyl (C=O) groups excluding carboxylic acids is 3. The summed E-state index contributed by atoms with van der Waals surface area (Å²) in [5.74, 6) is -0.651. The molecule has 6 rings (SSSR count). The number of nitrogens with two attached hydrogens (primary N) is 1. The summed E-state index contributed by atoms with van der Waals surface area (Å²) in [6, 6.07) is 22.4. The van der Waals surface area contributed by atoms with Crippen molar-refractivity contribution in [2.75, 3.05) is 12.3 Å². The standard InChI is InChI=1S/C43H49N7O5S/c1-25(28-17-19-30(20-18-28)38-26(2)45-24-56-38)46-41(54)35-21-31(51)23-50(35)42(55)39(43(3,4)5)47-37(53)12-8-9-27-13-15-29(16-14-27)33-22-34(48-49-40(33)44)32-10-6-7-11-36(32)52/h6-7,10-11,13-20,22,24-25,31,35,39,51-52H,8-9,12,21,23H2,1-5H3,(H2,44,49)(H,46,54)(H,47,53)/t25-,31+,35-,39+/m0/s1. The van der Waals surface area contributed by atoms with E-state index in [2.05, 4.69) is 25.8 Å². The average Bonchev–Trinajstić information content (AvgIpc) is 3.79. The second-order valence-corrected chi connectivity index (χ2v) is 16.3. The van der Waals surface area contributed by atoms with Crippen LogP contribution < -0.4 is 16.4 Å². The lowest BCUT2D eigenvalue weighted by Gasteiger charge is -2.35. The van der Waals surface area contributed by atoms with Gasteiger partial charge in [0.1, 0.15) is 17.8 Å². The number of hydrogen-bond acceptors (Lipinski definition) is 10. The Hall–Kier alpha value is -5.66. The van der Waals surface area contributed by atoms with Crippen molar-refractivity contribution in [3.63, 3.8) is 0 Å². The zero-order chi connectivity index (χ0) is 40.1. The first-order valence-corrected chi connectivity index (χ1v) is 19.7. The van der Waals surface area contributed by atoms with Gasteiger partial charge in [-0.3, -0.25) is 14.4 Å². The van der Waals surface area contributed by atoms with E-state index >= 15 is 0 Å². The van der Waals surface area contributed by atoms with Crippen LogP contribution in [0.2, 0.25) is 0 Å². The van der Waals surface area contributed by atoms with E-state index in [-0.39, 0.29) is 48.8 Å². The van der Waals surface area contributed by atoms with E-state index in [0.717, 1.165) is 32.8 Å². The van der Waals surface area contributed by atoms with Crippen LogP contribution in [0, 0.1) is 12.3 Å². The molecule has 0 bridgehead atoms. The summed E-state index contributed by atoms with van der Waals surface area (Å²) < 4.78 is 0. The topological polar surface area (TPSA) is 184 Å². The number of carbonyl (C=O) groups is 3. The van der Waals surface area contributed by atoms with Gasteiger partial charge in [-0.15, -0.1) is 21.5 Å². The van der Waals surface area contributed by atoms with Crippen molar-refractivity contribution in [2.24, 2.45) is 5.41 Å². The number of para-hydroxylation sites is 1. The van der Waals surface area contributed by atoms with Crippen LogP contribution in [0.4, 0.5) is 5.82 Å². The zero-order valence-corrected chi connectivity index (χ0v) is 33.1. The number of nitrogens with zero attached hydrogens (tertiary/aromatic N) is 4. The van der Waals surface area contributed by atoms with Crippen LogP contribution in [0.5, 0.6) is 5.75 Å². The highest BCUT2D eigenvalue weighted by Crippen LogP contribution is 2.33. The molecule has 292 valence electrons. The van der Waals surface area contributed by atoms with Crippen molar-refractivity contribution in [3.05, 3.63) is 101 Å². The molecule has 1 aliphatic rings. The van der Waals surface area contributed by atoms with Gasteiger partial charge in [-0.2, -0.15) is 0 Å². The number of thiazole rings is 1. The fourth-order valence-corrected chi connectivity index (χ4v) is 7.82. The number of likely N-dealkylation sites (tertiary alicyclic amines) is 1. The molecule has 5 aromatic rings. The van der Waals surface area contributed by atoms with Crippen molar-refractivity contribution < 1.29 is 24.6 Å². The zero-order valence-electron chi connectivity index (χ0n) is 32.3. The molecule has 1 saturated heterocycles. The van der Waals surface area contributed by atoms with Gasteiger partial charge in [0.25, 0.3) is 0 Å². The number of aliphatic hydroxyl groups excluding tert-OH is 1. The van der Waals surface area contributed by atoms with E-state index in [9.17, 15) is 24.6 Å². The third-order valence-corrected chi connectivity index (χ3v) is 11.2. The van der Waals surface area contributed by atoms with Gasteiger partial charge in [-0.05, 0) is 72.6 Å². The number of phenols is 1. The van der Waals surface area contributed by atoms with Crippen molar-refractivity contribution in [1.82, 2.24) is 30.7 Å². The maximum absolute atomic E-state index is 14.1. The molecule has 3 aromatic carbocycles. The van der Waals surface area contributed by atoms with Crippen molar-refractivity contribution in [3.8, 4) is 38.6 Å². The SMILES string of the molecule is Cc1ncsc1-c1ccc([C@H](C)NC(=O)[C@@H]2C[C@@H](O)CN2C(=O)[C@@H](NC(=O)CCCc2ccc(-c3cc(-c4ccccc4O)nnc3N)cc2)C(C)(C)C)cc1. The Balaban J connectivity index is 1.04. The number of aromatic hydroxyl groups is 1. The predicted octanol–water partition coefficient (Wildman–Crippen LogP) is 6.22. The molecule has 0 saturated carbocycles. The van der Waals surface area contributed by atoms with Crippen LogP contribution in [-0.4, -0.2) is 72.7 Å². The molecule has 12 nitrogen and oxygen atoms in total. The Morgan fingerprint density at radius 3 is 2.32 bits per heavy atom. The summed E-state index contributed by atoms with van der Waals surface area (Å²) in [5.41, 5.74) is 13.9. The summed E-state index contributed by atoms with van der Waals surface area (Å²) in [6.45, 7) is 9.47. The smallest absolute Gasteiger partial charge is 0.246 e. The minimum atomic E-state index is -0.905. The molecule has 0 aliphatic carbocycles. The van der Waals surface area contributed by atoms with Gasteiger partial charge in [-0.1, -0.05) is 81.4 Å². The second kappa shape index (κ2) is 17.0. The number of rotatable bonds is 12. The molecule has 0 radical (unpaired) electrons. The number of hydrogen-bond donors (Lipinski definition) is 5. The fraction of sp³-hybridized carbons (Fsp3) is 0.349. The van der Waals surface area contributed by atoms with Crippen LogP contribution >= 0.6 is 11.3 Å². The van der Waals surface area contributed by atoms with Gasteiger partial charge in [0.2, 0.25) is 17.7 Å². The lowest BCUT2D eigenvalue weighted by molar-refractivity contribution is -0.144. The summed E-state index contributed by atoms with van der Waals surface area (Å²) in [4.78, 5) is 47.9. The Kier molecular flexibility index (Phi) is 12.2. The number of aromatic nitrogens is 3. The number of nitrogens with one attached hydrogen (secondary N) is 2. The van der Waals surface area contributed by atoms with Gasteiger partial charge < -0.3 is 31.5 Å². The number of phenolic OH excluding ortho intramolecular Hbond substituents is 1. The highest BCUT2D eigenvalue weighted by Gasteiger charge is 2.44. The first-order valence-electron chi connectivity index (χ1n) is 18.8.